The number of para-hydroxylation sites is 1. The van der Waals surface area contributed by atoms with Gasteiger partial charge in [0.15, 0.2) is 0 Å². The first-order valence-electron chi connectivity index (χ1n) is 10.5. The molecule has 1 aliphatic heterocycles. The van der Waals surface area contributed by atoms with Gasteiger partial charge in [-0.15, -0.1) is 0 Å². The largest absolute Gasteiger partial charge is 0.507 e. The summed E-state index contributed by atoms with van der Waals surface area (Å²) in [5, 5.41) is 10.9. The Balaban J connectivity index is 2.21. The number of carbonyl (C=O) groups excluding carboxylic acids is 3. The van der Waals surface area contributed by atoms with Gasteiger partial charge in [0.05, 0.1) is 5.69 Å². The predicted octanol–water partition coefficient (Wildman–Crippen LogP) is 5.00. The number of rotatable bonds is 2. The fourth-order valence-corrected chi connectivity index (χ4v) is 3.69. The second kappa shape index (κ2) is 7.93. The number of phenols is 1. The molecule has 0 saturated carbocycles. The number of barbiturate groups is 1. The van der Waals surface area contributed by atoms with E-state index in [2.05, 4.69) is 0 Å². The Hall–Kier alpha value is -3.41. The van der Waals surface area contributed by atoms with Gasteiger partial charge in [-0.1, -0.05) is 59.7 Å². The van der Waals surface area contributed by atoms with Gasteiger partial charge in [-0.25, -0.2) is 9.69 Å². The number of hydrogen-bond acceptors (Lipinski definition) is 4. The van der Waals surface area contributed by atoms with Crippen molar-refractivity contribution in [2.24, 2.45) is 0 Å². The number of likely N-dealkylation sites (N-methyl/N-ethyl adjacent to an activating group) is 1. The third kappa shape index (κ3) is 4.17. The lowest BCUT2D eigenvalue weighted by Crippen LogP contribution is -2.55. The van der Waals surface area contributed by atoms with Crippen molar-refractivity contribution in [2.45, 2.75) is 52.4 Å². The number of carbonyl (C=O) groups is 3. The van der Waals surface area contributed by atoms with Crippen molar-refractivity contribution in [3.05, 3.63) is 64.7 Å². The molecule has 3 rings (SSSR count). The fourth-order valence-electron chi connectivity index (χ4n) is 3.69. The minimum atomic E-state index is -0.695. The van der Waals surface area contributed by atoms with Crippen LogP contribution in [0.1, 0.15) is 58.2 Å². The first-order valence-corrected chi connectivity index (χ1v) is 10.5. The number of aromatic hydroxyl groups is 1. The molecule has 0 spiro atoms. The van der Waals surface area contributed by atoms with Crippen molar-refractivity contribution in [3.63, 3.8) is 0 Å². The maximum Gasteiger partial charge on any atom is 0.338 e. The molecule has 1 N–H and O–H groups in total. The Labute approximate surface area is 189 Å². The number of hydrogen-bond donors (Lipinski definition) is 1. The lowest BCUT2D eigenvalue weighted by atomic mass is 9.78. The van der Waals surface area contributed by atoms with E-state index in [1.807, 2.05) is 41.5 Å². The first-order chi connectivity index (χ1) is 14.7. The molecule has 0 atom stereocenters. The van der Waals surface area contributed by atoms with Crippen LogP contribution in [-0.4, -0.2) is 34.9 Å². The van der Waals surface area contributed by atoms with E-state index in [4.69, 9.17) is 0 Å². The summed E-state index contributed by atoms with van der Waals surface area (Å²) in [6, 6.07) is 11.4. The van der Waals surface area contributed by atoms with Crippen LogP contribution in [0.25, 0.3) is 6.08 Å². The van der Waals surface area contributed by atoms with Gasteiger partial charge in [-0.05, 0) is 46.7 Å². The van der Waals surface area contributed by atoms with Gasteiger partial charge in [-0.3, -0.25) is 14.5 Å². The van der Waals surface area contributed by atoms with Crippen LogP contribution in [0.5, 0.6) is 5.75 Å². The SMILES string of the molecule is CN1C(=O)C(=Cc2cc(C(C)(C)C)c(O)c(C(C)(C)C)c2)C(=O)N(c2ccccc2)C1=O. The third-order valence-electron chi connectivity index (χ3n) is 5.52. The maximum absolute atomic E-state index is 13.3. The van der Waals surface area contributed by atoms with E-state index in [1.165, 1.54) is 13.1 Å². The van der Waals surface area contributed by atoms with Crippen molar-refractivity contribution in [1.82, 2.24) is 4.90 Å². The van der Waals surface area contributed by atoms with Crippen LogP contribution in [-0.2, 0) is 20.4 Å². The number of benzene rings is 2. The number of phenolic OH excluding ortho intramolecular Hbond substituents is 1. The summed E-state index contributed by atoms with van der Waals surface area (Å²) in [5.41, 5.74) is 1.62. The van der Waals surface area contributed by atoms with E-state index >= 15 is 0 Å². The van der Waals surface area contributed by atoms with Gasteiger partial charge in [0.25, 0.3) is 11.8 Å². The summed E-state index contributed by atoms with van der Waals surface area (Å²) in [6.45, 7) is 12.0. The lowest BCUT2D eigenvalue weighted by molar-refractivity contribution is -0.128. The molecular formula is C26H30N2O4. The summed E-state index contributed by atoms with van der Waals surface area (Å²) < 4.78 is 0. The molecule has 2 aromatic rings. The number of amides is 4. The number of urea groups is 1. The Kier molecular flexibility index (Phi) is 5.77. The minimum absolute atomic E-state index is 0.110. The summed E-state index contributed by atoms with van der Waals surface area (Å²) in [5.74, 6) is -1.12. The molecule has 168 valence electrons. The van der Waals surface area contributed by atoms with Crippen molar-refractivity contribution < 1.29 is 19.5 Å². The standard InChI is InChI=1S/C26H30N2O4/c1-25(2,3)19-14-16(15-20(21(19)29)26(4,5)6)13-18-22(30)27(7)24(32)28(23(18)31)17-11-9-8-10-12-17/h8-15,29H,1-7H3. The molecule has 4 amide bonds. The Morgan fingerprint density at radius 2 is 1.31 bits per heavy atom. The molecule has 0 bridgehead atoms. The molecular weight excluding hydrogens is 404 g/mol. The molecule has 6 nitrogen and oxygen atoms in total. The molecule has 32 heavy (non-hydrogen) atoms. The van der Waals surface area contributed by atoms with Gasteiger partial charge in [0, 0.05) is 18.2 Å². The van der Waals surface area contributed by atoms with Gasteiger partial charge < -0.3 is 5.11 Å². The molecule has 1 saturated heterocycles. The van der Waals surface area contributed by atoms with Crippen LogP contribution < -0.4 is 4.90 Å². The van der Waals surface area contributed by atoms with Crippen LogP contribution in [0.4, 0.5) is 10.5 Å². The molecule has 6 heteroatoms. The highest BCUT2D eigenvalue weighted by atomic mass is 16.3. The second-order valence-corrected chi connectivity index (χ2v) is 10.1. The number of anilines is 1. The monoisotopic (exact) mass is 434 g/mol. The molecule has 0 aliphatic carbocycles. The van der Waals surface area contributed by atoms with E-state index in [0.29, 0.717) is 11.3 Å². The smallest absolute Gasteiger partial charge is 0.338 e. The summed E-state index contributed by atoms with van der Waals surface area (Å²) in [6.07, 6.45) is 1.51. The normalized spacial score (nSPS) is 16.8. The third-order valence-corrected chi connectivity index (χ3v) is 5.52. The maximum atomic E-state index is 13.3. The molecule has 0 aromatic heterocycles. The average molecular weight is 435 g/mol. The summed E-state index contributed by atoms with van der Waals surface area (Å²) in [4.78, 5) is 40.8. The van der Waals surface area contributed by atoms with Gasteiger partial charge in [-0.2, -0.15) is 0 Å². The summed E-state index contributed by atoms with van der Waals surface area (Å²) in [7, 11) is 1.36. The molecule has 1 heterocycles. The molecule has 1 aliphatic rings. The van der Waals surface area contributed by atoms with Crippen LogP contribution in [0, 0.1) is 0 Å². The van der Waals surface area contributed by atoms with E-state index < -0.39 is 17.8 Å². The average Bonchev–Trinajstić information content (AvgIpc) is 2.70. The zero-order valence-corrected chi connectivity index (χ0v) is 19.7. The van der Waals surface area contributed by atoms with Crippen LogP contribution in [0.2, 0.25) is 0 Å². The molecule has 2 aromatic carbocycles. The zero-order chi connectivity index (χ0) is 24.0. The second-order valence-electron chi connectivity index (χ2n) is 10.1. The van der Waals surface area contributed by atoms with Crippen molar-refractivity contribution in [1.29, 1.82) is 0 Å². The van der Waals surface area contributed by atoms with E-state index in [0.717, 1.165) is 20.9 Å². The number of imide groups is 2. The zero-order valence-electron chi connectivity index (χ0n) is 19.7. The van der Waals surface area contributed by atoms with Gasteiger partial charge in [0.2, 0.25) is 0 Å². The topological polar surface area (TPSA) is 77.9 Å². The molecule has 0 radical (unpaired) electrons. The Bertz CT molecular complexity index is 1080. The van der Waals surface area contributed by atoms with Crippen LogP contribution >= 0.6 is 0 Å². The van der Waals surface area contributed by atoms with Crippen LogP contribution in [0.15, 0.2) is 48.0 Å². The summed E-state index contributed by atoms with van der Waals surface area (Å²) >= 11 is 0. The predicted molar refractivity (Wildman–Crippen MR) is 126 cm³/mol. The Morgan fingerprint density at radius 1 is 0.812 bits per heavy atom. The van der Waals surface area contributed by atoms with E-state index in [9.17, 15) is 19.5 Å². The highest BCUT2D eigenvalue weighted by Crippen LogP contribution is 2.40. The Morgan fingerprint density at radius 3 is 1.78 bits per heavy atom. The van der Waals surface area contributed by atoms with Crippen LogP contribution in [0.3, 0.4) is 0 Å². The lowest BCUT2D eigenvalue weighted by Gasteiger charge is -2.32. The first kappa shape index (κ1) is 23.3. The van der Waals surface area contributed by atoms with Gasteiger partial charge in [0.1, 0.15) is 11.3 Å². The van der Waals surface area contributed by atoms with Crippen molar-refractivity contribution in [3.8, 4) is 5.75 Å². The van der Waals surface area contributed by atoms with Crippen molar-refractivity contribution >= 4 is 29.6 Å². The number of nitrogens with zero attached hydrogens (tertiary/aromatic N) is 2. The minimum Gasteiger partial charge on any atom is -0.507 e. The molecule has 1 fully saturated rings. The highest BCUT2D eigenvalue weighted by molar-refractivity contribution is 6.39. The quantitative estimate of drug-likeness (QED) is 0.533. The fraction of sp³-hybridized carbons (Fsp3) is 0.346. The van der Waals surface area contributed by atoms with Crippen molar-refractivity contribution in [2.75, 3.05) is 11.9 Å². The van der Waals surface area contributed by atoms with Gasteiger partial charge >= 0.3 is 6.03 Å². The molecule has 0 unspecified atom stereocenters. The van der Waals surface area contributed by atoms with E-state index in [-0.39, 0.29) is 22.2 Å². The van der Waals surface area contributed by atoms with E-state index in [1.54, 1.807) is 42.5 Å². The highest BCUT2D eigenvalue weighted by Gasteiger charge is 2.41.